The van der Waals surface area contributed by atoms with E-state index in [0.29, 0.717) is 5.54 Å². The van der Waals surface area contributed by atoms with E-state index < -0.39 is 0 Å². The molecular weight excluding hydrogens is 134 g/mol. The maximum atomic E-state index is 2.60. The van der Waals surface area contributed by atoms with Gasteiger partial charge in [0.25, 0.3) is 0 Å². The summed E-state index contributed by atoms with van der Waals surface area (Å²) >= 11 is 0. The summed E-state index contributed by atoms with van der Waals surface area (Å²) in [4.78, 5) is 2.60. The summed E-state index contributed by atoms with van der Waals surface area (Å²) in [5.74, 6) is 1.04. The molecule has 0 radical (unpaired) electrons. The van der Waals surface area contributed by atoms with Gasteiger partial charge in [-0.3, -0.25) is 0 Å². The fourth-order valence-electron chi connectivity index (χ4n) is 2.49. The molecule has 2 rings (SSSR count). The van der Waals surface area contributed by atoms with Crippen LogP contribution in [-0.2, 0) is 0 Å². The SMILES string of the molecule is CC[C@@H]1CCN(C)C2(CC2)C1. The van der Waals surface area contributed by atoms with Gasteiger partial charge in [0, 0.05) is 5.54 Å². The van der Waals surface area contributed by atoms with E-state index in [2.05, 4.69) is 18.9 Å². The first-order chi connectivity index (χ1) is 5.27. The molecule has 0 unspecified atom stereocenters. The molecular formula is C10H19N. The van der Waals surface area contributed by atoms with Crippen LogP contribution in [0.2, 0.25) is 0 Å². The second-order valence-corrected chi connectivity index (χ2v) is 4.41. The summed E-state index contributed by atoms with van der Waals surface area (Å²) in [5, 5.41) is 0. The molecule has 0 N–H and O–H groups in total. The molecule has 2 fully saturated rings. The number of hydrogen-bond acceptors (Lipinski definition) is 1. The van der Waals surface area contributed by atoms with Gasteiger partial charge in [0.05, 0.1) is 0 Å². The van der Waals surface area contributed by atoms with Gasteiger partial charge in [0.15, 0.2) is 0 Å². The molecule has 0 aromatic heterocycles. The topological polar surface area (TPSA) is 3.24 Å². The van der Waals surface area contributed by atoms with Crippen LogP contribution in [0.25, 0.3) is 0 Å². The fraction of sp³-hybridized carbons (Fsp3) is 1.00. The molecule has 0 aromatic carbocycles. The van der Waals surface area contributed by atoms with E-state index in [0.717, 1.165) is 5.92 Å². The molecule has 1 aliphatic carbocycles. The van der Waals surface area contributed by atoms with Crippen LogP contribution in [0.3, 0.4) is 0 Å². The van der Waals surface area contributed by atoms with Crippen LogP contribution >= 0.6 is 0 Å². The minimum absolute atomic E-state index is 0.693. The first-order valence-electron chi connectivity index (χ1n) is 4.98. The van der Waals surface area contributed by atoms with Gasteiger partial charge in [-0.25, -0.2) is 0 Å². The number of rotatable bonds is 1. The maximum absolute atomic E-state index is 2.60. The van der Waals surface area contributed by atoms with Crippen molar-refractivity contribution < 1.29 is 0 Å². The van der Waals surface area contributed by atoms with Crippen LogP contribution in [0.4, 0.5) is 0 Å². The van der Waals surface area contributed by atoms with Crippen LogP contribution in [0.5, 0.6) is 0 Å². The monoisotopic (exact) mass is 153 g/mol. The number of hydrogen-bond donors (Lipinski definition) is 0. The zero-order valence-corrected chi connectivity index (χ0v) is 7.77. The van der Waals surface area contributed by atoms with Crippen molar-refractivity contribution in [2.24, 2.45) is 5.92 Å². The summed E-state index contributed by atoms with van der Waals surface area (Å²) in [5.41, 5.74) is 0.693. The molecule has 64 valence electrons. The van der Waals surface area contributed by atoms with E-state index in [1.165, 1.54) is 38.6 Å². The van der Waals surface area contributed by atoms with E-state index in [1.807, 2.05) is 0 Å². The Morgan fingerprint density at radius 3 is 2.73 bits per heavy atom. The Labute approximate surface area is 69.8 Å². The molecule has 1 saturated heterocycles. The third-order valence-electron chi connectivity index (χ3n) is 3.76. The highest BCUT2D eigenvalue weighted by Crippen LogP contribution is 2.49. The van der Waals surface area contributed by atoms with E-state index in [9.17, 15) is 0 Å². The Morgan fingerprint density at radius 1 is 1.45 bits per heavy atom. The van der Waals surface area contributed by atoms with Gasteiger partial charge in [0.2, 0.25) is 0 Å². The quantitative estimate of drug-likeness (QED) is 0.558. The summed E-state index contributed by atoms with van der Waals surface area (Å²) in [6.07, 6.45) is 7.27. The molecule has 2 aliphatic rings. The normalized spacial score (nSPS) is 36.0. The number of piperidine rings is 1. The average molecular weight is 153 g/mol. The second-order valence-electron chi connectivity index (χ2n) is 4.41. The maximum Gasteiger partial charge on any atom is 0.0210 e. The van der Waals surface area contributed by atoms with E-state index >= 15 is 0 Å². The van der Waals surface area contributed by atoms with Gasteiger partial charge in [-0.05, 0) is 45.2 Å². The molecule has 11 heavy (non-hydrogen) atoms. The molecule has 0 amide bonds. The Kier molecular flexibility index (Phi) is 1.71. The highest BCUT2D eigenvalue weighted by molar-refractivity contribution is 5.05. The van der Waals surface area contributed by atoms with Crippen LogP contribution in [0.15, 0.2) is 0 Å². The van der Waals surface area contributed by atoms with E-state index in [1.54, 1.807) is 0 Å². The van der Waals surface area contributed by atoms with Crippen molar-refractivity contribution in [3.05, 3.63) is 0 Å². The highest BCUT2D eigenvalue weighted by atomic mass is 15.2. The van der Waals surface area contributed by atoms with Crippen LogP contribution in [0.1, 0.15) is 39.0 Å². The van der Waals surface area contributed by atoms with Gasteiger partial charge in [-0.2, -0.15) is 0 Å². The lowest BCUT2D eigenvalue weighted by Gasteiger charge is -2.37. The lowest BCUT2D eigenvalue weighted by Crippen LogP contribution is -2.41. The van der Waals surface area contributed by atoms with E-state index in [4.69, 9.17) is 0 Å². The summed E-state index contributed by atoms with van der Waals surface area (Å²) in [6, 6.07) is 0. The molecule has 1 atom stereocenters. The molecule has 1 spiro atoms. The predicted molar refractivity (Wildman–Crippen MR) is 47.6 cm³/mol. The minimum Gasteiger partial charge on any atom is -0.301 e. The molecule has 0 bridgehead atoms. The van der Waals surface area contributed by atoms with Crippen molar-refractivity contribution in [1.82, 2.24) is 4.90 Å². The Morgan fingerprint density at radius 2 is 2.18 bits per heavy atom. The fourth-order valence-corrected chi connectivity index (χ4v) is 2.49. The molecule has 1 saturated carbocycles. The van der Waals surface area contributed by atoms with Crippen molar-refractivity contribution in [3.63, 3.8) is 0 Å². The highest BCUT2D eigenvalue weighted by Gasteiger charge is 2.49. The average Bonchev–Trinajstić information content (AvgIpc) is 2.77. The van der Waals surface area contributed by atoms with Crippen molar-refractivity contribution in [2.75, 3.05) is 13.6 Å². The van der Waals surface area contributed by atoms with Crippen LogP contribution < -0.4 is 0 Å². The van der Waals surface area contributed by atoms with Gasteiger partial charge >= 0.3 is 0 Å². The van der Waals surface area contributed by atoms with E-state index in [-0.39, 0.29) is 0 Å². The predicted octanol–water partition coefficient (Wildman–Crippen LogP) is 2.27. The summed E-state index contributed by atoms with van der Waals surface area (Å²) in [7, 11) is 2.30. The standard InChI is InChI=1S/C10H19N/c1-3-9-4-7-11(2)10(8-9)5-6-10/h9H,3-8H2,1-2H3/t9-/m1/s1. The first kappa shape index (κ1) is 7.60. The lowest BCUT2D eigenvalue weighted by molar-refractivity contribution is 0.121. The molecule has 0 aromatic rings. The molecule has 1 nitrogen and oxygen atoms in total. The largest absolute Gasteiger partial charge is 0.301 e. The second kappa shape index (κ2) is 2.48. The van der Waals surface area contributed by atoms with Gasteiger partial charge < -0.3 is 4.90 Å². The zero-order valence-electron chi connectivity index (χ0n) is 7.77. The van der Waals surface area contributed by atoms with Crippen molar-refractivity contribution in [2.45, 2.75) is 44.6 Å². The van der Waals surface area contributed by atoms with Crippen LogP contribution in [0, 0.1) is 5.92 Å². The van der Waals surface area contributed by atoms with Gasteiger partial charge in [-0.1, -0.05) is 13.3 Å². The number of nitrogens with zero attached hydrogens (tertiary/aromatic N) is 1. The van der Waals surface area contributed by atoms with Crippen molar-refractivity contribution in [3.8, 4) is 0 Å². The Balaban J connectivity index is 1.98. The molecule has 1 heterocycles. The smallest absolute Gasteiger partial charge is 0.0210 e. The molecule has 1 aliphatic heterocycles. The van der Waals surface area contributed by atoms with Crippen molar-refractivity contribution >= 4 is 0 Å². The minimum atomic E-state index is 0.693. The first-order valence-corrected chi connectivity index (χ1v) is 4.98. The summed E-state index contributed by atoms with van der Waals surface area (Å²) < 4.78 is 0. The third-order valence-corrected chi connectivity index (χ3v) is 3.76. The Hall–Kier alpha value is -0.0400. The summed E-state index contributed by atoms with van der Waals surface area (Å²) in [6.45, 7) is 3.69. The third kappa shape index (κ3) is 1.20. The number of likely N-dealkylation sites (tertiary alicyclic amines) is 1. The van der Waals surface area contributed by atoms with Gasteiger partial charge in [0.1, 0.15) is 0 Å². The van der Waals surface area contributed by atoms with Crippen molar-refractivity contribution in [1.29, 1.82) is 0 Å². The zero-order chi connectivity index (χ0) is 7.90. The van der Waals surface area contributed by atoms with Gasteiger partial charge in [-0.15, -0.1) is 0 Å². The Bertz CT molecular complexity index is 149. The lowest BCUT2D eigenvalue weighted by atomic mass is 9.88. The molecule has 1 heteroatoms. The van der Waals surface area contributed by atoms with Crippen LogP contribution in [-0.4, -0.2) is 24.0 Å².